The van der Waals surface area contributed by atoms with Gasteiger partial charge in [-0.05, 0) is 37.5 Å². The van der Waals surface area contributed by atoms with E-state index in [-0.39, 0.29) is 6.61 Å². The van der Waals surface area contributed by atoms with E-state index >= 15 is 0 Å². The summed E-state index contributed by atoms with van der Waals surface area (Å²) in [6.07, 6.45) is 8.94. The lowest BCUT2D eigenvalue weighted by atomic mass is 9.85. The van der Waals surface area contributed by atoms with E-state index in [1.54, 1.807) is 0 Å². The van der Waals surface area contributed by atoms with Crippen molar-refractivity contribution in [2.24, 2.45) is 17.6 Å². The zero-order valence-electron chi connectivity index (χ0n) is 11.0. The van der Waals surface area contributed by atoms with E-state index in [9.17, 15) is 5.11 Å². The van der Waals surface area contributed by atoms with Crippen molar-refractivity contribution >= 4 is 0 Å². The number of nitrogens with two attached hydrogens (primary N) is 1. The smallest absolute Gasteiger partial charge is 0.0675 e. The summed E-state index contributed by atoms with van der Waals surface area (Å²) < 4.78 is 5.99. The monoisotopic (exact) mass is 241 g/mol. The fourth-order valence-corrected chi connectivity index (χ4v) is 2.99. The molecule has 3 nitrogen and oxygen atoms in total. The van der Waals surface area contributed by atoms with Crippen LogP contribution in [0.25, 0.3) is 0 Å². The van der Waals surface area contributed by atoms with Gasteiger partial charge in [-0.25, -0.2) is 0 Å². The van der Waals surface area contributed by atoms with Crippen LogP contribution in [0.4, 0.5) is 0 Å². The van der Waals surface area contributed by atoms with E-state index in [4.69, 9.17) is 10.5 Å². The van der Waals surface area contributed by atoms with Crippen molar-refractivity contribution in [2.45, 2.75) is 63.5 Å². The van der Waals surface area contributed by atoms with Crippen LogP contribution in [-0.4, -0.2) is 30.0 Å². The Morgan fingerprint density at radius 2 is 2.06 bits per heavy atom. The molecule has 2 rings (SSSR count). The van der Waals surface area contributed by atoms with Gasteiger partial charge >= 0.3 is 0 Å². The minimum absolute atomic E-state index is 0.0571. The van der Waals surface area contributed by atoms with Crippen LogP contribution in [0, 0.1) is 11.8 Å². The predicted octanol–water partition coefficient (Wildman–Crippen LogP) is 2.07. The molecule has 0 radical (unpaired) electrons. The first-order valence-corrected chi connectivity index (χ1v) is 7.19. The Hall–Kier alpha value is -0.120. The molecular weight excluding hydrogens is 214 g/mol. The van der Waals surface area contributed by atoms with E-state index in [0.717, 1.165) is 18.8 Å². The molecule has 3 atom stereocenters. The highest BCUT2D eigenvalue weighted by molar-refractivity contribution is 4.98. The highest BCUT2D eigenvalue weighted by Crippen LogP contribution is 2.39. The molecule has 0 heterocycles. The molecule has 2 saturated carbocycles. The molecule has 17 heavy (non-hydrogen) atoms. The van der Waals surface area contributed by atoms with E-state index < -0.39 is 5.54 Å². The average Bonchev–Trinajstić information content (AvgIpc) is 3.21. The van der Waals surface area contributed by atoms with Crippen molar-refractivity contribution in [2.75, 3.05) is 13.2 Å². The van der Waals surface area contributed by atoms with E-state index in [2.05, 4.69) is 6.92 Å². The second-order valence-electron chi connectivity index (χ2n) is 6.04. The van der Waals surface area contributed by atoms with Gasteiger partial charge in [0.05, 0.1) is 24.9 Å². The summed E-state index contributed by atoms with van der Waals surface area (Å²) in [6, 6.07) is 0. The summed E-state index contributed by atoms with van der Waals surface area (Å²) in [6.45, 7) is 2.86. The van der Waals surface area contributed by atoms with Crippen molar-refractivity contribution < 1.29 is 9.84 Å². The van der Waals surface area contributed by atoms with Crippen LogP contribution < -0.4 is 5.73 Å². The van der Waals surface area contributed by atoms with Gasteiger partial charge in [-0.2, -0.15) is 0 Å². The first-order chi connectivity index (χ1) is 8.18. The highest BCUT2D eigenvalue weighted by atomic mass is 16.5. The average molecular weight is 241 g/mol. The maximum absolute atomic E-state index is 9.42. The minimum atomic E-state index is -0.473. The van der Waals surface area contributed by atoms with Crippen LogP contribution in [0.3, 0.4) is 0 Å². The fraction of sp³-hybridized carbons (Fsp3) is 1.00. The van der Waals surface area contributed by atoms with Gasteiger partial charge in [-0.15, -0.1) is 0 Å². The Bertz CT molecular complexity index is 242. The van der Waals surface area contributed by atoms with Gasteiger partial charge < -0.3 is 15.6 Å². The topological polar surface area (TPSA) is 55.5 Å². The van der Waals surface area contributed by atoms with Crippen molar-refractivity contribution in [1.82, 2.24) is 0 Å². The molecule has 0 aromatic rings. The zero-order valence-corrected chi connectivity index (χ0v) is 11.0. The molecule has 0 aliphatic heterocycles. The summed E-state index contributed by atoms with van der Waals surface area (Å²) in [5.41, 5.74) is 5.74. The van der Waals surface area contributed by atoms with Crippen LogP contribution in [0.5, 0.6) is 0 Å². The van der Waals surface area contributed by atoms with Crippen molar-refractivity contribution in [3.8, 4) is 0 Å². The highest BCUT2D eigenvalue weighted by Gasteiger charge is 2.42. The minimum Gasteiger partial charge on any atom is -0.394 e. The maximum Gasteiger partial charge on any atom is 0.0675 e. The first kappa shape index (κ1) is 13.3. The number of hydrogen-bond acceptors (Lipinski definition) is 3. The molecule has 2 fully saturated rings. The van der Waals surface area contributed by atoms with Gasteiger partial charge in [0.2, 0.25) is 0 Å². The standard InChI is InChI=1S/C14H27NO2/c1-2-11-4-3-5-13(8-11)17-10-14(15,9-16)12-6-7-12/h11-13,16H,2-10,15H2,1H3. The molecule has 2 aliphatic rings. The zero-order chi connectivity index (χ0) is 12.3. The summed E-state index contributed by atoms with van der Waals surface area (Å²) in [4.78, 5) is 0. The van der Waals surface area contributed by atoms with Crippen molar-refractivity contribution in [3.63, 3.8) is 0 Å². The number of aliphatic hydroxyl groups is 1. The lowest BCUT2D eigenvalue weighted by Crippen LogP contribution is -2.51. The Morgan fingerprint density at radius 1 is 1.29 bits per heavy atom. The van der Waals surface area contributed by atoms with Crippen molar-refractivity contribution in [3.05, 3.63) is 0 Å². The number of rotatable bonds is 6. The summed E-state index contributed by atoms with van der Waals surface area (Å²) in [7, 11) is 0. The Labute approximate surface area is 105 Å². The lowest BCUT2D eigenvalue weighted by molar-refractivity contribution is -0.0290. The second kappa shape index (κ2) is 5.68. The van der Waals surface area contributed by atoms with Crippen molar-refractivity contribution in [1.29, 1.82) is 0 Å². The summed E-state index contributed by atoms with van der Waals surface area (Å²) >= 11 is 0. The third kappa shape index (κ3) is 3.43. The van der Waals surface area contributed by atoms with Gasteiger partial charge in [0.1, 0.15) is 0 Å². The van der Waals surface area contributed by atoms with E-state index in [0.29, 0.717) is 18.6 Å². The Morgan fingerprint density at radius 3 is 2.65 bits per heavy atom. The number of hydrogen-bond donors (Lipinski definition) is 2. The molecule has 0 amide bonds. The number of aliphatic hydroxyl groups excluding tert-OH is 1. The van der Waals surface area contributed by atoms with Crippen LogP contribution >= 0.6 is 0 Å². The molecule has 0 aromatic heterocycles. The summed E-state index contributed by atoms with van der Waals surface area (Å²) in [5, 5.41) is 9.42. The summed E-state index contributed by atoms with van der Waals surface area (Å²) in [5.74, 6) is 1.31. The van der Waals surface area contributed by atoms with E-state index in [1.807, 2.05) is 0 Å². The van der Waals surface area contributed by atoms with Gasteiger partial charge in [-0.3, -0.25) is 0 Å². The molecule has 0 bridgehead atoms. The molecule has 3 unspecified atom stereocenters. The molecule has 0 spiro atoms. The van der Waals surface area contributed by atoms with E-state index in [1.165, 1.54) is 32.1 Å². The maximum atomic E-state index is 9.42. The van der Waals surface area contributed by atoms with Gasteiger partial charge in [0.25, 0.3) is 0 Å². The first-order valence-electron chi connectivity index (χ1n) is 7.19. The van der Waals surface area contributed by atoms with Crippen LogP contribution in [0.1, 0.15) is 51.9 Å². The molecule has 3 heteroatoms. The molecule has 3 N–H and O–H groups in total. The lowest BCUT2D eigenvalue weighted by Gasteiger charge is -2.33. The third-order valence-electron chi connectivity index (χ3n) is 4.58. The SMILES string of the molecule is CCC1CCCC(OCC(N)(CO)C2CC2)C1. The Kier molecular flexibility index (Phi) is 4.45. The van der Waals surface area contributed by atoms with Gasteiger partial charge in [-0.1, -0.05) is 26.2 Å². The largest absolute Gasteiger partial charge is 0.394 e. The quantitative estimate of drug-likeness (QED) is 0.748. The second-order valence-corrected chi connectivity index (χ2v) is 6.04. The van der Waals surface area contributed by atoms with Crippen LogP contribution in [0.2, 0.25) is 0 Å². The van der Waals surface area contributed by atoms with Gasteiger partial charge in [0, 0.05) is 0 Å². The van der Waals surface area contributed by atoms with Gasteiger partial charge in [0.15, 0.2) is 0 Å². The third-order valence-corrected chi connectivity index (χ3v) is 4.58. The van der Waals surface area contributed by atoms with Crippen LogP contribution in [-0.2, 0) is 4.74 Å². The molecule has 2 aliphatic carbocycles. The molecule has 0 aromatic carbocycles. The number of ether oxygens (including phenoxy) is 1. The normalized spacial score (nSPS) is 33.4. The van der Waals surface area contributed by atoms with Crippen LogP contribution in [0.15, 0.2) is 0 Å². The molecule has 0 saturated heterocycles. The molecular formula is C14H27NO2. The Balaban J connectivity index is 1.76. The predicted molar refractivity (Wildman–Crippen MR) is 68.7 cm³/mol. The fourth-order valence-electron chi connectivity index (χ4n) is 2.99. The molecule has 100 valence electrons.